The van der Waals surface area contributed by atoms with Crippen molar-refractivity contribution in [2.24, 2.45) is 10.7 Å². The van der Waals surface area contributed by atoms with Crippen LogP contribution in [0.2, 0.25) is 0 Å². The average Bonchev–Trinajstić information content (AvgIpc) is 2.54. The second kappa shape index (κ2) is 12.3. The second-order valence-corrected chi connectivity index (χ2v) is 6.15. The van der Waals surface area contributed by atoms with E-state index in [0.717, 1.165) is 38.9 Å². The van der Waals surface area contributed by atoms with Gasteiger partial charge in [-0.3, -0.25) is 9.79 Å². The first kappa shape index (κ1) is 18.8. The average molecular weight is 310 g/mol. The molecule has 1 saturated heterocycles. The van der Waals surface area contributed by atoms with Crippen LogP contribution >= 0.6 is 0 Å². The van der Waals surface area contributed by atoms with Gasteiger partial charge in [-0.2, -0.15) is 0 Å². The molecule has 0 atom stereocenters. The highest BCUT2D eigenvalue weighted by molar-refractivity contribution is 5.80. The molecular weight excluding hydrogens is 276 g/mol. The minimum Gasteiger partial charge on any atom is -0.370 e. The number of hydrogen-bond acceptors (Lipinski definition) is 2. The molecule has 22 heavy (non-hydrogen) atoms. The molecule has 0 radical (unpaired) electrons. The summed E-state index contributed by atoms with van der Waals surface area (Å²) in [7, 11) is 0. The maximum Gasteiger partial charge on any atom is 0.224 e. The van der Waals surface area contributed by atoms with Crippen molar-refractivity contribution in [3.05, 3.63) is 0 Å². The van der Waals surface area contributed by atoms with Crippen LogP contribution in [0.5, 0.6) is 0 Å². The van der Waals surface area contributed by atoms with Gasteiger partial charge in [-0.25, -0.2) is 0 Å². The fourth-order valence-electron chi connectivity index (χ4n) is 2.75. The van der Waals surface area contributed by atoms with Gasteiger partial charge in [0.15, 0.2) is 5.96 Å². The van der Waals surface area contributed by atoms with E-state index in [4.69, 9.17) is 5.73 Å². The Balaban J connectivity index is 2.00. The van der Waals surface area contributed by atoms with E-state index in [2.05, 4.69) is 17.2 Å². The smallest absolute Gasteiger partial charge is 0.224 e. The normalized spacial score (nSPS) is 15.9. The predicted molar refractivity (Wildman–Crippen MR) is 92.9 cm³/mol. The van der Waals surface area contributed by atoms with E-state index >= 15 is 0 Å². The highest BCUT2D eigenvalue weighted by atomic mass is 16.2. The van der Waals surface area contributed by atoms with Gasteiger partial charge < -0.3 is 16.0 Å². The zero-order valence-corrected chi connectivity index (χ0v) is 14.3. The molecule has 0 aliphatic carbocycles. The van der Waals surface area contributed by atoms with Crippen LogP contribution in [0, 0.1) is 0 Å². The summed E-state index contributed by atoms with van der Waals surface area (Å²) in [5.41, 5.74) is 5.81. The minimum absolute atomic E-state index is 0.232. The number of guanidine groups is 1. The number of nitrogens with two attached hydrogens (primary N) is 1. The van der Waals surface area contributed by atoms with Crippen LogP contribution < -0.4 is 11.1 Å². The molecule has 3 N–H and O–H groups in total. The fourth-order valence-corrected chi connectivity index (χ4v) is 2.75. The molecule has 0 spiro atoms. The van der Waals surface area contributed by atoms with Crippen molar-refractivity contribution < 1.29 is 4.79 Å². The van der Waals surface area contributed by atoms with E-state index in [-0.39, 0.29) is 5.91 Å². The molecule has 5 heteroatoms. The van der Waals surface area contributed by atoms with Crippen molar-refractivity contribution in [3.8, 4) is 0 Å². The van der Waals surface area contributed by atoms with Crippen LogP contribution in [0.25, 0.3) is 0 Å². The third kappa shape index (κ3) is 8.90. The van der Waals surface area contributed by atoms with E-state index in [1.165, 1.54) is 38.5 Å². The first-order valence-electron chi connectivity index (χ1n) is 9.05. The number of unbranched alkanes of at least 4 members (excludes halogenated alkanes) is 5. The highest BCUT2D eigenvalue weighted by Crippen LogP contribution is 2.09. The number of rotatable bonds is 10. The Labute approximate surface area is 135 Å². The summed E-state index contributed by atoms with van der Waals surface area (Å²) in [6.07, 6.45) is 11.6. The van der Waals surface area contributed by atoms with E-state index < -0.39 is 0 Å². The molecule has 1 fully saturated rings. The molecule has 0 aromatic rings. The third-order valence-electron chi connectivity index (χ3n) is 4.15. The molecule has 0 aromatic heterocycles. The summed E-state index contributed by atoms with van der Waals surface area (Å²) in [6.45, 7) is 5.43. The lowest BCUT2D eigenvalue weighted by molar-refractivity contribution is -0.131. The summed E-state index contributed by atoms with van der Waals surface area (Å²) >= 11 is 0. The Morgan fingerprint density at radius 2 is 1.77 bits per heavy atom. The zero-order valence-electron chi connectivity index (χ0n) is 14.3. The monoisotopic (exact) mass is 310 g/mol. The number of nitrogens with one attached hydrogen (secondary N) is 1. The van der Waals surface area contributed by atoms with Crippen molar-refractivity contribution in [1.82, 2.24) is 10.2 Å². The topological polar surface area (TPSA) is 70.7 Å². The van der Waals surface area contributed by atoms with E-state index in [9.17, 15) is 4.79 Å². The Morgan fingerprint density at radius 3 is 2.50 bits per heavy atom. The molecule has 1 aliphatic heterocycles. The molecule has 5 nitrogen and oxygen atoms in total. The van der Waals surface area contributed by atoms with E-state index in [0.29, 0.717) is 18.9 Å². The van der Waals surface area contributed by atoms with Gasteiger partial charge in [-0.1, -0.05) is 39.0 Å². The number of carbonyl (C=O) groups is 1. The fraction of sp³-hybridized carbons (Fsp3) is 0.882. The Morgan fingerprint density at radius 1 is 1.09 bits per heavy atom. The lowest BCUT2D eigenvalue weighted by atomic mass is 10.1. The van der Waals surface area contributed by atoms with Crippen LogP contribution in [0.3, 0.4) is 0 Å². The Kier molecular flexibility index (Phi) is 10.5. The second-order valence-electron chi connectivity index (χ2n) is 6.15. The molecule has 1 aliphatic rings. The van der Waals surface area contributed by atoms with Crippen LogP contribution in [0.4, 0.5) is 0 Å². The SMILES string of the molecule is CCCCCCCCN=C(N)NCCC(=O)N1CCCCC1. The summed E-state index contributed by atoms with van der Waals surface area (Å²) in [5.74, 6) is 0.705. The van der Waals surface area contributed by atoms with Crippen molar-refractivity contribution in [2.45, 2.75) is 71.1 Å². The quantitative estimate of drug-likeness (QED) is 0.370. The van der Waals surface area contributed by atoms with Crippen LogP contribution in [-0.2, 0) is 4.79 Å². The number of nitrogens with zero attached hydrogens (tertiary/aromatic N) is 2. The van der Waals surface area contributed by atoms with Gasteiger partial charge in [0.25, 0.3) is 0 Å². The molecule has 1 rings (SSSR count). The van der Waals surface area contributed by atoms with Crippen molar-refractivity contribution in [1.29, 1.82) is 0 Å². The van der Waals surface area contributed by atoms with Crippen LogP contribution in [0.15, 0.2) is 4.99 Å². The largest absolute Gasteiger partial charge is 0.370 e. The van der Waals surface area contributed by atoms with Crippen molar-refractivity contribution in [3.63, 3.8) is 0 Å². The molecule has 0 bridgehead atoms. The molecule has 0 unspecified atom stereocenters. The summed E-state index contributed by atoms with van der Waals surface area (Å²) in [4.78, 5) is 18.2. The van der Waals surface area contributed by atoms with Gasteiger partial charge in [0.2, 0.25) is 5.91 Å². The number of hydrogen-bond donors (Lipinski definition) is 2. The minimum atomic E-state index is 0.232. The lowest BCUT2D eigenvalue weighted by Crippen LogP contribution is -2.39. The number of amides is 1. The maximum absolute atomic E-state index is 12.0. The molecule has 0 saturated carbocycles. The van der Waals surface area contributed by atoms with Gasteiger partial charge in [0.1, 0.15) is 0 Å². The van der Waals surface area contributed by atoms with Crippen molar-refractivity contribution >= 4 is 11.9 Å². The standard InChI is InChI=1S/C17H34N4O/c1-2-3-4-5-6-8-12-19-17(18)20-13-11-16(22)21-14-9-7-10-15-21/h2-15H2,1H3,(H3,18,19,20). The first-order valence-corrected chi connectivity index (χ1v) is 9.05. The van der Waals surface area contributed by atoms with Gasteiger partial charge >= 0.3 is 0 Å². The number of carbonyl (C=O) groups excluding carboxylic acids is 1. The molecular formula is C17H34N4O. The van der Waals surface area contributed by atoms with Gasteiger partial charge in [0.05, 0.1) is 0 Å². The first-order chi connectivity index (χ1) is 10.7. The molecule has 128 valence electrons. The van der Waals surface area contributed by atoms with Crippen molar-refractivity contribution in [2.75, 3.05) is 26.2 Å². The Hall–Kier alpha value is -1.26. The lowest BCUT2D eigenvalue weighted by Gasteiger charge is -2.26. The zero-order chi connectivity index (χ0) is 16.0. The highest BCUT2D eigenvalue weighted by Gasteiger charge is 2.15. The predicted octanol–water partition coefficient (Wildman–Crippen LogP) is 2.65. The molecule has 1 amide bonds. The van der Waals surface area contributed by atoms with Gasteiger partial charge in [-0.05, 0) is 25.7 Å². The van der Waals surface area contributed by atoms with Crippen LogP contribution in [-0.4, -0.2) is 42.9 Å². The number of likely N-dealkylation sites (tertiary alicyclic amines) is 1. The summed E-state index contributed by atoms with van der Waals surface area (Å²) in [6, 6.07) is 0. The number of piperidine rings is 1. The van der Waals surface area contributed by atoms with Crippen LogP contribution in [0.1, 0.15) is 71.1 Å². The summed E-state index contributed by atoms with van der Waals surface area (Å²) < 4.78 is 0. The molecule has 0 aromatic carbocycles. The molecule has 1 heterocycles. The third-order valence-corrected chi connectivity index (χ3v) is 4.15. The Bertz CT molecular complexity index is 325. The number of aliphatic imine (C=N–C) groups is 1. The summed E-state index contributed by atoms with van der Waals surface area (Å²) in [5, 5.41) is 3.04. The van der Waals surface area contributed by atoms with Gasteiger partial charge in [-0.15, -0.1) is 0 Å². The van der Waals surface area contributed by atoms with Gasteiger partial charge in [0, 0.05) is 32.6 Å². The van der Waals surface area contributed by atoms with E-state index in [1.54, 1.807) is 0 Å². The van der Waals surface area contributed by atoms with E-state index in [1.807, 2.05) is 4.90 Å². The maximum atomic E-state index is 12.0.